The molecule has 0 aromatic carbocycles. The van der Waals surface area contributed by atoms with Gasteiger partial charge in [-0.25, -0.2) is 4.79 Å². The van der Waals surface area contributed by atoms with Crippen LogP contribution in [0.15, 0.2) is 0 Å². The second kappa shape index (κ2) is 5.16. The molecule has 0 spiro atoms. The Morgan fingerprint density at radius 1 is 1.22 bits per heavy atom. The molecule has 2 saturated carbocycles. The summed E-state index contributed by atoms with van der Waals surface area (Å²) in [6.45, 7) is 2.08. The molecule has 0 aliphatic heterocycles. The Kier molecular flexibility index (Phi) is 3.78. The molecule has 0 bridgehead atoms. The highest BCUT2D eigenvalue weighted by molar-refractivity contribution is 5.75. The van der Waals surface area contributed by atoms with Gasteiger partial charge in [0.05, 0.1) is 5.92 Å². The van der Waals surface area contributed by atoms with E-state index in [2.05, 4.69) is 17.6 Å². The standard InChI is InChI=1S/C13H22N2O3/c1-13(6-2-3-7-13)15-12(18)14-10-5-4-9(8-10)11(16)17/h9-10H,2-8H2,1H3,(H,16,17)(H2,14,15,18)/t9-,10+/m1/s1. The molecule has 2 fully saturated rings. The predicted molar refractivity (Wildman–Crippen MR) is 67.3 cm³/mol. The molecular formula is C13H22N2O3. The monoisotopic (exact) mass is 254 g/mol. The van der Waals surface area contributed by atoms with E-state index in [1.54, 1.807) is 0 Å². The fourth-order valence-electron chi connectivity index (χ4n) is 3.11. The maximum Gasteiger partial charge on any atom is 0.315 e. The van der Waals surface area contributed by atoms with Crippen molar-refractivity contribution in [1.82, 2.24) is 10.6 Å². The lowest BCUT2D eigenvalue weighted by atomic mass is 10.0. The molecule has 0 unspecified atom stereocenters. The average Bonchev–Trinajstić information content (AvgIpc) is 2.87. The number of carbonyl (C=O) groups excluding carboxylic acids is 1. The smallest absolute Gasteiger partial charge is 0.315 e. The van der Waals surface area contributed by atoms with Crippen LogP contribution in [0.1, 0.15) is 51.9 Å². The lowest BCUT2D eigenvalue weighted by Crippen LogP contribution is -2.50. The van der Waals surface area contributed by atoms with E-state index in [-0.39, 0.29) is 23.5 Å². The second-order valence-electron chi connectivity index (χ2n) is 5.91. The van der Waals surface area contributed by atoms with Crippen LogP contribution in [0.5, 0.6) is 0 Å². The summed E-state index contributed by atoms with van der Waals surface area (Å²) in [6.07, 6.45) is 6.38. The average molecular weight is 254 g/mol. The Bertz CT molecular complexity index is 337. The number of hydrogen-bond donors (Lipinski definition) is 3. The van der Waals surface area contributed by atoms with Gasteiger partial charge in [-0.3, -0.25) is 4.79 Å². The van der Waals surface area contributed by atoms with Gasteiger partial charge in [0.25, 0.3) is 0 Å². The molecule has 2 aliphatic rings. The van der Waals surface area contributed by atoms with Crippen LogP contribution >= 0.6 is 0 Å². The third kappa shape index (κ3) is 3.15. The third-order valence-electron chi connectivity index (χ3n) is 4.24. The van der Waals surface area contributed by atoms with E-state index in [0.717, 1.165) is 19.3 Å². The van der Waals surface area contributed by atoms with Crippen molar-refractivity contribution >= 4 is 12.0 Å². The van der Waals surface area contributed by atoms with Crippen LogP contribution in [0.2, 0.25) is 0 Å². The van der Waals surface area contributed by atoms with Crippen molar-refractivity contribution in [3.05, 3.63) is 0 Å². The van der Waals surface area contributed by atoms with Gasteiger partial charge in [-0.1, -0.05) is 12.8 Å². The highest BCUT2D eigenvalue weighted by Crippen LogP contribution is 2.29. The van der Waals surface area contributed by atoms with Gasteiger partial charge in [0.1, 0.15) is 0 Å². The van der Waals surface area contributed by atoms with Gasteiger partial charge in [0, 0.05) is 11.6 Å². The molecule has 5 nitrogen and oxygen atoms in total. The first-order valence-electron chi connectivity index (χ1n) is 6.80. The number of urea groups is 1. The summed E-state index contributed by atoms with van der Waals surface area (Å²) in [7, 11) is 0. The zero-order valence-electron chi connectivity index (χ0n) is 10.9. The van der Waals surface area contributed by atoms with Gasteiger partial charge in [-0.2, -0.15) is 0 Å². The first-order chi connectivity index (χ1) is 8.48. The zero-order chi connectivity index (χ0) is 13.2. The molecule has 3 N–H and O–H groups in total. The van der Waals surface area contributed by atoms with Gasteiger partial charge in [-0.05, 0) is 39.0 Å². The van der Waals surface area contributed by atoms with Gasteiger partial charge in [0.15, 0.2) is 0 Å². The Balaban J connectivity index is 1.76. The number of carboxylic acid groups (broad SMARTS) is 1. The second-order valence-corrected chi connectivity index (χ2v) is 5.91. The predicted octanol–water partition coefficient (Wildman–Crippen LogP) is 1.87. The van der Waals surface area contributed by atoms with E-state index in [1.807, 2.05) is 0 Å². The molecule has 102 valence electrons. The van der Waals surface area contributed by atoms with Gasteiger partial charge >= 0.3 is 12.0 Å². The maximum atomic E-state index is 11.9. The molecule has 0 saturated heterocycles. The topological polar surface area (TPSA) is 78.4 Å². The van der Waals surface area contributed by atoms with Gasteiger partial charge in [0.2, 0.25) is 0 Å². The Morgan fingerprint density at radius 2 is 1.89 bits per heavy atom. The summed E-state index contributed by atoms with van der Waals surface area (Å²) in [5.41, 5.74) is -0.0745. The van der Waals surface area contributed by atoms with Gasteiger partial charge < -0.3 is 15.7 Å². The molecule has 18 heavy (non-hydrogen) atoms. The minimum atomic E-state index is -0.748. The number of amides is 2. The quantitative estimate of drug-likeness (QED) is 0.719. The first-order valence-corrected chi connectivity index (χ1v) is 6.80. The normalized spacial score (nSPS) is 30.1. The first kappa shape index (κ1) is 13.2. The van der Waals surface area contributed by atoms with Crippen LogP contribution in [-0.4, -0.2) is 28.7 Å². The van der Waals surface area contributed by atoms with E-state index in [0.29, 0.717) is 12.8 Å². The molecule has 0 heterocycles. The minimum Gasteiger partial charge on any atom is -0.481 e. The highest BCUT2D eigenvalue weighted by Gasteiger charge is 2.33. The van der Waals surface area contributed by atoms with Crippen molar-refractivity contribution in [2.75, 3.05) is 0 Å². The summed E-state index contributed by atoms with van der Waals surface area (Å²) >= 11 is 0. The van der Waals surface area contributed by atoms with Crippen molar-refractivity contribution in [2.24, 2.45) is 5.92 Å². The van der Waals surface area contributed by atoms with E-state index in [1.165, 1.54) is 12.8 Å². The van der Waals surface area contributed by atoms with Crippen molar-refractivity contribution in [3.8, 4) is 0 Å². The van der Waals surface area contributed by atoms with E-state index in [9.17, 15) is 9.59 Å². The lowest BCUT2D eigenvalue weighted by Gasteiger charge is -2.26. The summed E-state index contributed by atoms with van der Waals surface area (Å²) in [4.78, 5) is 22.7. The lowest BCUT2D eigenvalue weighted by molar-refractivity contribution is -0.141. The van der Waals surface area contributed by atoms with Crippen molar-refractivity contribution in [2.45, 2.75) is 63.5 Å². The van der Waals surface area contributed by atoms with E-state index in [4.69, 9.17) is 5.11 Å². The molecule has 2 rings (SSSR count). The molecule has 2 atom stereocenters. The van der Waals surface area contributed by atoms with Crippen LogP contribution in [0, 0.1) is 5.92 Å². The zero-order valence-corrected chi connectivity index (χ0v) is 10.9. The molecule has 2 amide bonds. The van der Waals surface area contributed by atoms with Crippen molar-refractivity contribution in [3.63, 3.8) is 0 Å². The number of aliphatic carboxylic acids is 1. The van der Waals surface area contributed by atoms with Crippen LogP contribution in [-0.2, 0) is 4.79 Å². The Labute approximate surface area is 107 Å². The summed E-state index contributed by atoms with van der Waals surface area (Å²) in [6, 6.07) is -0.133. The van der Waals surface area contributed by atoms with E-state index < -0.39 is 5.97 Å². The molecule has 0 radical (unpaired) electrons. The maximum absolute atomic E-state index is 11.9. The SMILES string of the molecule is CC1(NC(=O)N[C@H]2CC[C@@H](C(=O)O)C2)CCCC1. The fraction of sp³-hybridized carbons (Fsp3) is 0.846. The number of hydrogen-bond acceptors (Lipinski definition) is 2. The fourth-order valence-corrected chi connectivity index (χ4v) is 3.11. The van der Waals surface area contributed by atoms with Crippen LogP contribution in [0.25, 0.3) is 0 Å². The summed E-state index contributed by atoms with van der Waals surface area (Å²) in [5, 5.41) is 14.8. The minimum absolute atomic E-state index is 0.0103. The number of rotatable bonds is 3. The van der Waals surface area contributed by atoms with Gasteiger partial charge in [-0.15, -0.1) is 0 Å². The molecule has 5 heteroatoms. The number of carbonyl (C=O) groups is 2. The molecule has 0 aromatic rings. The van der Waals surface area contributed by atoms with Crippen LogP contribution in [0.4, 0.5) is 4.79 Å². The summed E-state index contributed by atoms with van der Waals surface area (Å²) in [5.74, 6) is -1.04. The van der Waals surface area contributed by atoms with Crippen LogP contribution in [0.3, 0.4) is 0 Å². The number of carboxylic acids is 1. The number of nitrogens with one attached hydrogen (secondary N) is 2. The largest absolute Gasteiger partial charge is 0.481 e. The third-order valence-corrected chi connectivity index (χ3v) is 4.24. The van der Waals surface area contributed by atoms with E-state index >= 15 is 0 Å². The molecule has 2 aliphatic carbocycles. The molecule has 0 aromatic heterocycles. The van der Waals surface area contributed by atoms with Crippen molar-refractivity contribution in [1.29, 1.82) is 0 Å². The Morgan fingerprint density at radius 3 is 2.44 bits per heavy atom. The highest BCUT2D eigenvalue weighted by atomic mass is 16.4. The van der Waals surface area contributed by atoms with Crippen molar-refractivity contribution < 1.29 is 14.7 Å². The van der Waals surface area contributed by atoms with Crippen LogP contribution < -0.4 is 10.6 Å². The molecular weight excluding hydrogens is 232 g/mol. The Hall–Kier alpha value is -1.26. The summed E-state index contributed by atoms with van der Waals surface area (Å²) < 4.78 is 0.